The van der Waals surface area contributed by atoms with Crippen molar-refractivity contribution in [2.75, 3.05) is 0 Å². The van der Waals surface area contributed by atoms with Crippen molar-refractivity contribution in [2.24, 2.45) is 0 Å². The number of fused-ring (bicyclic) bond motifs is 1. The van der Waals surface area contributed by atoms with Gasteiger partial charge in [0.1, 0.15) is 6.07 Å². The number of carbonyl (C=O) groups is 1. The third-order valence-corrected chi connectivity index (χ3v) is 3.74. The molecule has 0 amide bonds. The van der Waals surface area contributed by atoms with Gasteiger partial charge in [0.05, 0.1) is 22.3 Å². The first-order valence-corrected chi connectivity index (χ1v) is 6.88. The molecule has 1 aromatic carbocycles. The predicted octanol–water partition coefficient (Wildman–Crippen LogP) is 3.79. The Morgan fingerprint density at radius 1 is 1.14 bits per heavy atom. The fraction of sp³-hybridized carbons (Fsp3) is 0.111. The molecule has 3 aromatic rings. The lowest BCUT2D eigenvalue weighted by Crippen LogP contribution is -1.97. The lowest BCUT2D eigenvalue weighted by molar-refractivity contribution is 0.0697. The Bertz CT molecular complexity index is 928. The number of rotatable bonds is 2. The van der Waals surface area contributed by atoms with E-state index in [1.807, 2.05) is 30.4 Å². The molecular formula is C18H14N2O2. The first kappa shape index (κ1) is 13.9. The van der Waals surface area contributed by atoms with Crippen LogP contribution in [0.4, 0.5) is 0 Å². The topological polar surface area (TPSA) is 65.5 Å². The van der Waals surface area contributed by atoms with Crippen molar-refractivity contribution in [3.05, 3.63) is 64.8 Å². The third kappa shape index (κ3) is 2.13. The van der Waals surface area contributed by atoms with E-state index in [9.17, 15) is 10.1 Å². The SMILES string of the molecule is Cc1cc(C)n2c(-c3ccc(C(=O)O)cc3)cc(C#N)c2c1. The number of aryl methyl sites for hydroxylation is 2. The van der Waals surface area contributed by atoms with Gasteiger partial charge in [-0.3, -0.25) is 0 Å². The first-order valence-electron chi connectivity index (χ1n) is 6.88. The summed E-state index contributed by atoms with van der Waals surface area (Å²) < 4.78 is 2.03. The number of nitrogens with zero attached hydrogens (tertiary/aromatic N) is 2. The Balaban J connectivity index is 2.27. The van der Waals surface area contributed by atoms with Gasteiger partial charge in [0, 0.05) is 5.69 Å². The van der Waals surface area contributed by atoms with E-state index in [-0.39, 0.29) is 5.56 Å². The minimum Gasteiger partial charge on any atom is -0.478 e. The number of aromatic carboxylic acids is 1. The number of carboxylic acid groups (broad SMARTS) is 1. The second-order valence-electron chi connectivity index (χ2n) is 5.33. The molecule has 0 unspecified atom stereocenters. The van der Waals surface area contributed by atoms with Crippen LogP contribution in [0.2, 0.25) is 0 Å². The van der Waals surface area contributed by atoms with Gasteiger partial charge in [-0.2, -0.15) is 5.26 Å². The van der Waals surface area contributed by atoms with Crippen LogP contribution in [-0.4, -0.2) is 15.5 Å². The number of pyridine rings is 1. The number of hydrogen-bond acceptors (Lipinski definition) is 2. The highest BCUT2D eigenvalue weighted by atomic mass is 16.4. The number of aromatic nitrogens is 1. The Morgan fingerprint density at radius 3 is 2.41 bits per heavy atom. The van der Waals surface area contributed by atoms with Gasteiger partial charge in [-0.05, 0) is 55.3 Å². The molecule has 2 aromatic heterocycles. The summed E-state index contributed by atoms with van der Waals surface area (Å²) in [5.74, 6) is -0.948. The molecule has 0 aliphatic heterocycles. The van der Waals surface area contributed by atoms with Crippen molar-refractivity contribution >= 4 is 11.5 Å². The molecule has 3 rings (SSSR count). The molecule has 4 heteroatoms. The van der Waals surface area contributed by atoms with Crippen LogP contribution in [0.3, 0.4) is 0 Å². The molecule has 0 fully saturated rings. The molecule has 0 radical (unpaired) electrons. The average Bonchev–Trinajstić information content (AvgIpc) is 2.86. The summed E-state index contributed by atoms with van der Waals surface area (Å²) >= 11 is 0. The van der Waals surface area contributed by atoms with Crippen molar-refractivity contribution in [2.45, 2.75) is 13.8 Å². The molecule has 0 saturated carbocycles. The summed E-state index contributed by atoms with van der Waals surface area (Å²) in [5, 5.41) is 18.3. The van der Waals surface area contributed by atoms with Crippen LogP contribution in [0.1, 0.15) is 27.2 Å². The van der Waals surface area contributed by atoms with Crippen LogP contribution in [0.25, 0.3) is 16.8 Å². The Morgan fingerprint density at radius 2 is 1.82 bits per heavy atom. The second kappa shape index (κ2) is 5.05. The van der Waals surface area contributed by atoms with Crippen molar-refractivity contribution in [3.8, 4) is 17.3 Å². The molecule has 1 N–H and O–H groups in total. The highest BCUT2D eigenvalue weighted by Gasteiger charge is 2.13. The normalized spacial score (nSPS) is 10.6. The van der Waals surface area contributed by atoms with Crippen molar-refractivity contribution in [3.63, 3.8) is 0 Å². The van der Waals surface area contributed by atoms with E-state index in [1.54, 1.807) is 24.3 Å². The zero-order chi connectivity index (χ0) is 15.9. The summed E-state index contributed by atoms with van der Waals surface area (Å²) in [6.45, 7) is 4.00. The average molecular weight is 290 g/mol. The van der Waals surface area contributed by atoms with Crippen molar-refractivity contribution in [1.29, 1.82) is 5.26 Å². The zero-order valence-electron chi connectivity index (χ0n) is 12.3. The predicted molar refractivity (Wildman–Crippen MR) is 84.0 cm³/mol. The summed E-state index contributed by atoms with van der Waals surface area (Å²) in [4.78, 5) is 11.0. The Hall–Kier alpha value is -3.06. The van der Waals surface area contributed by atoms with Gasteiger partial charge in [-0.25, -0.2) is 4.79 Å². The lowest BCUT2D eigenvalue weighted by atomic mass is 10.1. The number of nitriles is 1. The number of benzene rings is 1. The maximum atomic E-state index is 11.0. The van der Waals surface area contributed by atoms with Gasteiger partial charge in [0.25, 0.3) is 0 Å². The molecule has 0 aliphatic rings. The largest absolute Gasteiger partial charge is 0.478 e. The zero-order valence-corrected chi connectivity index (χ0v) is 12.3. The Kier molecular flexibility index (Phi) is 3.19. The summed E-state index contributed by atoms with van der Waals surface area (Å²) in [6.07, 6.45) is 0. The summed E-state index contributed by atoms with van der Waals surface area (Å²) in [7, 11) is 0. The molecule has 0 spiro atoms. The highest BCUT2D eigenvalue weighted by Crippen LogP contribution is 2.28. The second-order valence-corrected chi connectivity index (χ2v) is 5.33. The number of carboxylic acids is 1. The van der Waals surface area contributed by atoms with E-state index >= 15 is 0 Å². The maximum absolute atomic E-state index is 11.0. The van der Waals surface area contributed by atoms with E-state index in [1.165, 1.54) is 0 Å². The van der Waals surface area contributed by atoms with Gasteiger partial charge in [0.2, 0.25) is 0 Å². The summed E-state index contributed by atoms with van der Waals surface area (Å²) in [6, 6.07) is 14.8. The van der Waals surface area contributed by atoms with Crippen LogP contribution in [0, 0.1) is 25.2 Å². The Labute approximate surface area is 127 Å². The van der Waals surface area contributed by atoms with Crippen LogP contribution in [0.15, 0.2) is 42.5 Å². The molecule has 22 heavy (non-hydrogen) atoms. The molecule has 0 atom stereocenters. The van der Waals surface area contributed by atoms with E-state index < -0.39 is 5.97 Å². The van der Waals surface area contributed by atoms with Gasteiger partial charge >= 0.3 is 5.97 Å². The van der Waals surface area contributed by atoms with Crippen LogP contribution in [-0.2, 0) is 0 Å². The molecule has 0 saturated heterocycles. The fourth-order valence-corrected chi connectivity index (χ4v) is 2.78. The van der Waals surface area contributed by atoms with E-state index in [0.29, 0.717) is 5.56 Å². The quantitative estimate of drug-likeness (QED) is 0.780. The molecule has 108 valence electrons. The maximum Gasteiger partial charge on any atom is 0.335 e. The van der Waals surface area contributed by atoms with E-state index in [0.717, 1.165) is 28.0 Å². The fourth-order valence-electron chi connectivity index (χ4n) is 2.78. The standard InChI is InChI=1S/C18H14N2O2/c1-11-7-12(2)20-16(8-11)15(10-19)9-17(20)13-3-5-14(6-4-13)18(21)22/h3-9H,1-2H3,(H,21,22). The van der Waals surface area contributed by atoms with Crippen molar-refractivity contribution < 1.29 is 9.90 Å². The molecule has 4 nitrogen and oxygen atoms in total. The van der Waals surface area contributed by atoms with Gasteiger partial charge < -0.3 is 9.51 Å². The third-order valence-electron chi connectivity index (χ3n) is 3.74. The molecule has 2 heterocycles. The summed E-state index contributed by atoms with van der Waals surface area (Å²) in [5.41, 5.74) is 5.65. The van der Waals surface area contributed by atoms with Crippen LogP contribution < -0.4 is 0 Å². The van der Waals surface area contributed by atoms with Gasteiger partial charge in [-0.1, -0.05) is 12.1 Å². The highest BCUT2D eigenvalue weighted by molar-refractivity contribution is 5.88. The van der Waals surface area contributed by atoms with E-state index in [2.05, 4.69) is 12.1 Å². The minimum absolute atomic E-state index is 0.248. The molecule has 0 aliphatic carbocycles. The first-order chi connectivity index (χ1) is 10.5. The smallest absolute Gasteiger partial charge is 0.335 e. The monoisotopic (exact) mass is 290 g/mol. The van der Waals surface area contributed by atoms with Crippen molar-refractivity contribution in [1.82, 2.24) is 4.40 Å². The molecular weight excluding hydrogens is 276 g/mol. The van der Waals surface area contributed by atoms with Crippen LogP contribution in [0.5, 0.6) is 0 Å². The van der Waals surface area contributed by atoms with Crippen LogP contribution >= 0.6 is 0 Å². The van der Waals surface area contributed by atoms with Gasteiger partial charge in [-0.15, -0.1) is 0 Å². The number of hydrogen-bond donors (Lipinski definition) is 1. The van der Waals surface area contributed by atoms with Gasteiger partial charge in [0.15, 0.2) is 0 Å². The minimum atomic E-state index is -0.948. The van der Waals surface area contributed by atoms with E-state index in [4.69, 9.17) is 5.11 Å². The lowest BCUT2D eigenvalue weighted by Gasteiger charge is -2.08. The molecule has 0 bridgehead atoms.